The predicted octanol–water partition coefficient (Wildman–Crippen LogP) is 7.38. The molecule has 0 unspecified atom stereocenters. The van der Waals surface area contributed by atoms with Gasteiger partial charge >= 0.3 is 49.6 Å². The number of benzene rings is 3. The summed E-state index contributed by atoms with van der Waals surface area (Å²) in [6.07, 6.45) is 0. The van der Waals surface area contributed by atoms with Crippen molar-refractivity contribution in [2.24, 2.45) is 10.2 Å². The minimum absolute atomic E-state index is 0.574. The summed E-state index contributed by atoms with van der Waals surface area (Å²) in [7, 11) is 17.2. The molecule has 1 heterocycles. The fourth-order valence-electron chi connectivity index (χ4n) is 2.62. The molecule has 0 radical (unpaired) electrons. The molecule has 3 aromatic carbocycles. The number of azo groups is 2. The number of hydrazone groups is 1. The van der Waals surface area contributed by atoms with Crippen LogP contribution in [0.25, 0.3) is 0 Å². The number of anilines is 1. The Balaban J connectivity index is 0.000000431. The van der Waals surface area contributed by atoms with Crippen molar-refractivity contribution in [3.05, 3.63) is 96.6 Å². The Bertz CT molecular complexity index is 972. The second-order valence-electron chi connectivity index (χ2n) is 5.80. The summed E-state index contributed by atoms with van der Waals surface area (Å²) >= 11 is 0. The number of nitrogens with zero attached hydrogens (tertiary/aromatic N) is 4. The van der Waals surface area contributed by atoms with Gasteiger partial charge in [-0.2, -0.15) is 0 Å². The average molecular weight is 511 g/mol. The molecule has 1 aliphatic rings. The number of hydrogen-bond donors (Lipinski definition) is 0. The molecule has 0 N–H and O–H groups in total. The van der Waals surface area contributed by atoms with Gasteiger partial charge in [0.2, 0.25) is 11.5 Å². The van der Waals surface area contributed by atoms with Crippen molar-refractivity contribution in [3.8, 4) is 0 Å². The number of halogens is 4. The Hall–Kier alpha value is -1.59. The van der Waals surface area contributed by atoms with E-state index in [1.165, 1.54) is 0 Å². The molecule has 0 atom stereocenters. The fraction of sp³-hybridized carbons (Fsp3) is 0.0500. The summed E-state index contributed by atoms with van der Waals surface area (Å²) in [6.45, 7) is 0.574. The first-order chi connectivity index (χ1) is 13.9. The molecule has 0 saturated heterocycles. The van der Waals surface area contributed by atoms with Gasteiger partial charge in [-0.1, -0.05) is 71.4 Å². The Morgan fingerprint density at radius 1 is 0.724 bits per heavy atom. The van der Waals surface area contributed by atoms with Crippen molar-refractivity contribution in [3.63, 3.8) is 0 Å². The van der Waals surface area contributed by atoms with Crippen molar-refractivity contribution in [2.75, 3.05) is 11.7 Å². The first-order valence-corrected chi connectivity index (χ1v) is 14.5. The van der Waals surface area contributed by atoms with Crippen LogP contribution in [0.1, 0.15) is 5.56 Å². The van der Waals surface area contributed by atoms with Crippen molar-refractivity contribution in [2.45, 2.75) is 0 Å². The minimum Gasteiger partial charge on any atom is -0.201 e. The molecule has 1 aliphatic heterocycles. The summed E-state index contributed by atoms with van der Waals surface area (Å²) in [5.41, 5.74) is 3.09. The molecule has 9 heteroatoms. The third-order valence-electron chi connectivity index (χ3n) is 3.84. The molecule has 0 amide bonds. The van der Waals surface area contributed by atoms with E-state index in [4.69, 9.17) is 50.6 Å². The number of rotatable bonds is 3. The molecule has 0 saturated carbocycles. The second kappa shape index (κ2) is 10.4. The van der Waals surface area contributed by atoms with Crippen LogP contribution in [0, 0.1) is 0 Å². The quantitative estimate of drug-likeness (QED) is 0.267. The summed E-state index contributed by atoms with van der Waals surface area (Å²) < 4.78 is 1.97. The topological polar surface area (TPSA) is 31.0 Å². The second-order valence-corrected chi connectivity index (χ2v) is 16.7. The Kier molecular flexibility index (Phi) is 7.96. The summed E-state index contributed by atoms with van der Waals surface area (Å²) in [6, 6.07) is 30.4. The maximum absolute atomic E-state index is 4.95. The van der Waals surface area contributed by atoms with Gasteiger partial charge in [-0.05, 0) is 12.1 Å². The van der Waals surface area contributed by atoms with Crippen molar-refractivity contribution < 1.29 is 13.9 Å². The van der Waals surface area contributed by atoms with Gasteiger partial charge in [-0.15, -0.1) is 5.10 Å². The van der Waals surface area contributed by atoms with Crippen LogP contribution in [0.2, 0.25) is 0 Å². The van der Waals surface area contributed by atoms with E-state index in [0.717, 1.165) is 16.9 Å². The Morgan fingerprint density at radius 2 is 1.21 bits per heavy atom. The third-order valence-corrected chi connectivity index (χ3v) is 3.84. The van der Waals surface area contributed by atoms with Crippen LogP contribution >= 0.6 is 40.4 Å². The minimum atomic E-state index is -2.61. The average Bonchev–Trinajstić information content (AvgIpc) is 2.74. The molecular weight excluding hydrogens is 494 g/mol. The van der Waals surface area contributed by atoms with E-state index < -0.39 is 9.20 Å². The maximum atomic E-state index is 4.95. The van der Waals surface area contributed by atoms with Crippen molar-refractivity contribution in [1.82, 2.24) is 0 Å². The van der Waals surface area contributed by atoms with E-state index in [1.807, 2.05) is 76.4 Å². The fourth-order valence-corrected chi connectivity index (χ4v) is 2.62. The maximum Gasteiger partial charge on any atom is 0.269 e. The van der Waals surface area contributed by atoms with E-state index in [-0.39, 0.29) is 0 Å². The van der Waals surface area contributed by atoms with Gasteiger partial charge in [-0.3, -0.25) is 0 Å². The van der Waals surface area contributed by atoms with E-state index in [1.54, 1.807) is 0 Å². The van der Waals surface area contributed by atoms with Gasteiger partial charge < -0.3 is 0 Å². The monoisotopic (exact) mass is 509 g/mol. The molecule has 153 valence electrons. The summed E-state index contributed by atoms with van der Waals surface area (Å²) in [4.78, 5) is 0. The van der Waals surface area contributed by atoms with E-state index in [0.29, 0.717) is 12.5 Å². The third kappa shape index (κ3) is 7.31. The normalized spacial score (nSPS) is 14.3. The zero-order valence-corrected chi connectivity index (χ0v) is 19.1. The largest absolute Gasteiger partial charge is 0.269 e. The predicted molar refractivity (Wildman–Crippen MR) is 119 cm³/mol. The molecule has 0 fully saturated rings. The van der Waals surface area contributed by atoms with Crippen LogP contribution < -0.4 is 5.01 Å². The standard InChI is InChI=1S/C20H17N4.4ClH.Fe/c1-4-10-17(11-5-1)20-21-23(18-12-6-2-7-13-18)16-24(22-20)19-14-8-3-9-15-19;;;;;/h1-15H,16H2;4*1H;/q+1;;;;;+3/p-4. The molecule has 0 bridgehead atoms. The van der Waals surface area contributed by atoms with Gasteiger partial charge in [0.1, 0.15) is 0 Å². The van der Waals surface area contributed by atoms with E-state index in [9.17, 15) is 0 Å². The van der Waals surface area contributed by atoms with Gasteiger partial charge in [0.25, 0.3) is 6.67 Å². The number of para-hydroxylation sites is 2. The van der Waals surface area contributed by atoms with E-state index in [2.05, 4.69) is 24.3 Å². The van der Waals surface area contributed by atoms with Crippen LogP contribution in [0.15, 0.2) is 101 Å². The van der Waals surface area contributed by atoms with E-state index >= 15 is 0 Å². The zero-order valence-electron chi connectivity index (χ0n) is 15.0. The van der Waals surface area contributed by atoms with Crippen LogP contribution in [0.4, 0.5) is 11.4 Å². The van der Waals surface area contributed by atoms with Crippen molar-refractivity contribution >= 4 is 57.6 Å². The summed E-state index contributed by atoms with van der Waals surface area (Å²) in [5.74, 6) is 0.703. The van der Waals surface area contributed by atoms with Gasteiger partial charge in [0, 0.05) is 22.8 Å². The summed E-state index contributed by atoms with van der Waals surface area (Å²) in [5, 5.41) is 11.5. The van der Waals surface area contributed by atoms with Gasteiger partial charge in [0.15, 0.2) is 0 Å². The number of hydrogen-bond acceptors (Lipinski definition) is 3. The van der Waals surface area contributed by atoms with Crippen molar-refractivity contribution in [1.29, 1.82) is 0 Å². The Morgan fingerprint density at radius 3 is 1.76 bits per heavy atom. The molecular formula is C20H17Cl4FeN4. The zero-order chi connectivity index (χ0) is 20.7. The first kappa shape index (κ1) is 22.1. The van der Waals surface area contributed by atoms with Crippen LogP contribution in [0.3, 0.4) is 0 Å². The van der Waals surface area contributed by atoms with Crippen LogP contribution in [-0.4, -0.2) is 17.2 Å². The number of amidine groups is 1. The van der Waals surface area contributed by atoms with Gasteiger partial charge in [-0.25, -0.2) is 5.01 Å². The molecule has 0 aromatic heterocycles. The molecule has 0 aliphatic carbocycles. The molecule has 3 aromatic rings. The molecule has 0 spiro atoms. The molecule has 4 rings (SSSR count). The SMILES string of the molecule is [Cl][Fe-]([Cl])([Cl])[Cl].c1ccc(C2=NN(c3ccccc3)C[N+](c3ccccc3)=N2)cc1. The smallest absolute Gasteiger partial charge is 0.201 e. The Labute approximate surface area is 189 Å². The van der Waals surface area contributed by atoms with Crippen LogP contribution in [0.5, 0.6) is 0 Å². The molecule has 29 heavy (non-hydrogen) atoms. The van der Waals surface area contributed by atoms with Gasteiger partial charge in [0.05, 0.1) is 5.69 Å². The van der Waals surface area contributed by atoms with Crippen LogP contribution in [-0.2, 0) is 9.20 Å². The molecule has 4 nitrogen and oxygen atoms in total. The first-order valence-electron chi connectivity index (χ1n) is 8.44.